The zero-order valence-corrected chi connectivity index (χ0v) is 17.2. The number of aliphatic hydroxyl groups is 1. The molecule has 1 aromatic rings. The van der Waals surface area contributed by atoms with Gasteiger partial charge in [0.1, 0.15) is 18.0 Å². The predicted molar refractivity (Wildman–Crippen MR) is 107 cm³/mol. The number of nitrogens with zero attached hydrogens (tertiary/aromatic N) is 2. The van der Waals surface area contributed by atoms with Crippen LogP contribution in [0.4, 0.5) is 0 Å². The summed E-state index contributed by atoms with van der Waals surface area (Å²) in [7, 11) is 0. The average molecular weight is 409 g/mol. The van der Waals surface area contributed by atoms with Crippen molar-refractivity contribution < 1.29 is 19.4 Å². The van der Waals surface area contributed by atoms with Crippen LogP contribution in [0.1, 0.15) is 44.1 Å². The minimum atomic E-state index is -0.979. The highest BCUT2D eigenvalue weighted by Crippen LogP contribution is 2.29. The minimum Gasteiger partial charge on any atom is -0.489 e. The number of carbonyl (C=O) groups excluding carboxylic acids is 2. The largest absolute Gasteiger partial charge is 0.489 e. The second-order valence-corrected chi connectivity index (χ2v) is 8.32. The number of benzene rings is 1. The van der Waals surface area contributed by atoms with E-state index >= 15 is 0 Å². The smallest absolute Gasteiger partial charge is 0.224 e. The molecule has 1 atom stereocenters. The molecule has 2 aliphatic rings. The highest BCUT2D eigenvalue weighted by molar-refractivity contribution is 6.32. The molecule has 0 saturated carbocycles. The molecular formula is C21H29ClN2O4. The molecular weight excluding hydrogens is 380 g/mol. The van der Waals surface area contributed by atoms with E-state index in [0.29, 0.717) is 56.1 Å². The Labute approximate surface area is 171 Å². The lowest BCUT2D eigenvalue weighted by molar-refractivity contribution is -0.133. The van der Waals surface area contributed by atoms with E-state index in [1.807, 2.05) is 19.1 Å². The van der Waals surface area contributed by atoms with Crippen molar-refractivity contribution in [3.63, 3.8) is 0 Å². The first kappa shape index (κ1) is 20.9. The third-order valence-electron chi connectivity index (χ3n) is 5.62. The van der Waals surface area contributed by atoms with E-state index in [2.05, 4.69) is 0 Å². The number of likely N-dealkylation sites (tertiary alicyclic amines) is 2. The molecule has 6 nitrogen and oxygen atoms in total. The van der Waals surface area contributed by atoms with Crippen LogP contribution in [0.5, 0.6) is 5.75 Å². The third-order valence-corrected chi connectivity index (χ3v) is 5.93. The molecule has 1 unspecified atom stereocenters. The summed E-state index contributed by atoms with van der Waals surface area (Å²) >= 11 is 6.17. The monoisotopic (exact) mass is 408 g/mol. The Morgan fingerprint density at radius 3 is 2.82 bits per heavy atom. The molecule has 154 valence electrons. The molecule has 2 aliphatic heterocycles. The first-order chi connectivity index (χ1) is 13.4. The molecule has 0 bridgehead atoms. The Hall–Kier alpha value is -1.79. The van der Waals surface area contributed by atoms with Crippen molar-refractivity contribution in [2.45, 2.75) is 51.0 Å². The fourth-order valence-corrected chi connectivity index (χ4v) is 4.01. The van der Waals surface area contributed by atoms with Gasteiger partial charge in [0.15, 0.2) is 0 Å². The van der Waals surface area contributed by atoms with Crippen molar-refractivity contribution in [3.05, 3.63) is 28.8 Å². The van der Waals surface area contributed by atoms with Crippen LogP contribution in [0.25, 0.3) is 0 Å². The summed E-state index contributed by atoms with van der Waals surface area (Å²) < 4.78 is 5.81. The van der Waals surface area contributed by atoms with E-state index in [0.717, 1.165) is 24.9 Å². The van der Waals surface area contributed by atoms with E-state index in [-0.39, 0.29) is 18.4 Å². The van der Waals surface area contributed by atoms with Gasteiger partial charge in [0, 0.05) is 39.0 Å². The van der Waals surface area contributed by atoms with Gasteiger partial charge in [0.05, 0.1) is 5.02 Å². The Balaban J connectivity index is 1.49. The summed E-state index contributed by atoms with van der Waals surface area (Å²) in [5, 5.41) is 11.5. The number of halogens is 1. The molecule has 2 fully saturated rings. The summed E-state index contributed by atoms with van der Waals surface area (Å²) in [4.78, 5) is 27.8. The fourth-order valence-electron chi connectivity index (χ4n) is 3.84. The van der Waals surface area contributed by atoms with Crippen molar-refractivity contribution in [1.82, 2.24) is 9.80 Å². The normalized spacial score (nSPS) is 23.0. The summed E-state index contributed by atoms with van der Waals surface area (Å²) in [6.45, 7) is 4.48. The average Bonchev–Trinajstić information content (AvgIpc) is 2.97. The van der Waals surface area contributed by atoms with Gasteiger partial charge < -0.3 is 19.6 Å². The lowest BCUT2D eigenvalue weighted by Gasteiger charge is -2.27. The van der Waals surface area contributed by atoms with Crippen LogP contribution in [0, 0.1) is 6.92 Å². The third kappa shape index (κ3) is 5.39. The number of hydrogen-bond acceptors (Lipinski definition) is 4. The Bertz CT molecular complexity index is 726. The molecule has 28 heavy (non-hydrogen) atoms. The maximum Gasteiger partial charge on any atom is 0.224 e. The fraction of sp³-hybridized carbons (Fsp3) is 0.619. The molecule has 2 amide bonds. The van der Waals surface area contributed by atoms with Gasteiger partial charge in [0.2, 0.25) is 11.8 Å². The highest BCUT2D eigenvalue weighted by atomic mass is 35.5. The standard InChI is InChI=1S/C21H29ClN2O4/c1-16-5-6-17(22)18(14-16)28-15-21(27)8-3-11-24(13-9-21)20(26)7-12-23-10-2-4-19(23)25/h5-6,14,27H,2-4,7-13,15H2,1H3. The lowest BCUT2D eigenvalue weighted by atomic mass is 9.96. The number of amides is 2. The van der Waals surface area contributed by atoms with Gasteiger partial charge in [0.25, 0.3) is 0 Å². The molecule has 3 rings (SSSR count). The van der Waals surface area contributed by atoms with E-state index in [4.69, 9.17) is 16.3 Å². The van der Waals surface area contributed by atoms with Gasteiger partial charge in [-0.05, 0) is 50.3 Å². The maximum absolute atomic E-state index is 12.5. The Morgan fingerprint density at radius 1 is 1.25 bits per heavy atom. The number of hydrogen-bond donors (Lipinski definition) is 1. The van der Waals surface area contributed by atoms with Crippen LogP contribution < -0.4 is 4.74 Å². The molecule has 0 radical (unpaired) electrons. The van der Waals surface area contributed by atoms with Crippen LogP contribution in [-0.2, 0) is 9.59 Å². The highest BCUT2D eigenvalue weighted by Gasteiger charge is 2.33. The Kier molecular flexibility index (Phi) is 6.83. The van der Waals surface area contributed by atoms with Crippen molar-refractivity contribution >= 4 is 23.4 Å². The Morgan fingerprint density at radius 2 is 2.07 bits per heavy atom. The van der Waals surface area contributed by atoms with Gasteiger partial charge in [-0.15, -0.1) is 0 Å². The molecule has 0 aliphatic carbocycles. The molecule has 0 aromatic heterocycles. The van der Waals surface area contributed by atoms with Gasteiger partial charge in [-0.25, -0.2) is 0 Å². The van der Waals surface area contributed by atoms with Crippen LogP contribution in [0.15, 0.2) is 18.2 Å². The van der Waals surface area contributed by atoms with Gasteiger partial charge in [-0.2, -0.15) is 0 Å². The quantitative estimate of drug-likeness (QED) is 0.785. The van der Waals surface area contributed by atoms with Crippen molar-refractivity contribution in [2.75, 3.05) is 32.8 Å². The number of carbonyl (C=O) groups is 2. The first-order valence-electron chi connectivity index (χ1n) is 10.0. The second-order valence-electron chi connectivity index (χ2n) is 7.92. The van der Waals surface area contributed by atoms with E-state index in [1.54, 1.807) is 15.9 Å². The molecule has 2 saturated heterocycles. The van der Waals surface area contributed by atoms with Crippen LogP contribution in [0.2, 0.25) is 5.02 Å². The van der Waals surface area contributed by atoms with E-state index < -0.39 is 5.60 Å². The van der Waals surface area contributed by atoms with Crippen molar-refractivity contribution in [1.29, 1.82) is 0 Å². The van der Waals surface area contributed by atoms with Crippen LogP contribution >= 0.6 is 11.6 Å². The number of aryl methyl sites for hydroxylation is 1. The summed E-state index contributed by atoms with van der Waals surface area (Å²) in [6.07, 6.45) is 3.58. The molecule has 0 spiro atoms. The van der Waals surface area contributed by atoms with Gasteiger partial charge >= 0.3 is 0 Å². The summed E-state index contributed by atoms with van der Waals surface area (Å²) in [5.41, 5.74) is 0.0630. The lowest BCUT2D eigenvalue weighted by Crippen LogP contribution is -2.39. The predicted octanol–water partition coefficient (Wildman–Crippen LogP) is 2.78. The first-order valence-corrected chi connectivity index (χ1v) is 10.4. The van der Waals surface area contributed by atoms with Crippen LogP contribution in [0.3, 0.4) is 0 Å². The number of rotatable bonds is 6. The van der Waals surface area contributed by atoms with E-state index in [9.17, 15) is 14.7 Å². The molecule has 1 aromatic carbocycles. The van der Waals surface area contributed by atoms with Crippen molar-refractivity contribution in [3.8, 4) is 5.75 Å². The second kappa shape index (κ2) is 9.14. The zero-order valence-electron chi connectivity index (χ0n) is 16.5. The van der Waals surface area contributed by atoms with Gasteiger partial charge in [-0.1, -0.05) is 17.7 Å². The number of ether oxygens (including phenoxy) is 1. The van der Waals surface area contributed by atoms with Crippen molar-refractivity contribution in [2.24, 2.45) is 0 Å². The maximum atomic E-state index is 12.5. The molecule has 7 heteroatoms. The van der Waals surface area contributed by atoms with E-state index in [1.165, 1.54) is 0 Å². The topological polar surface area (TPSA) is 70.1 Å². The summed E-state index contributed by atoms with van der Waals surface area (Å²) in [6, 6.07) is 5.56. The zero-order chi connectivity index (χ0) is 20.1. The SMILES string of the molecule is Cc1ccc(Cl)c(OCC2(O)CCCN(C(=O)CCN3CCCC3=O)CC2)c1. The van der Waals surface area contributed by atoms with Gasteiger partial charge in [-0.3, -0.25) is 9.59 Å². The minimum absolute atomic E-state index is 0.0478. The molecule has 2 heterocycles. The summed E-state index contributed by atoms with van der Waals surface area (Å²) in [5.74, 6) is 0.763. The molecule has 1 N–H and O–H groups in total. The van der Waals surface area contributed by atoms with Crippen LogP contribution in [-0.4, -0.2) is 65.1 Å².